The summed E-state index contributed by atoms with van der Waals surface area (Å²) in [6, 6.07) is 14.1. The first-order chi connectivity index (χ1) is 18.5. The maximum atomic E-state index is 13.6. The van der Waals surface area contributed by atoms with Gasteiger partial charge in [0.1, 0.15) is 5.75 Å². The molecule has 0 heterocycles. The summed E-state index contributed by atoms with van der Waals surface area (Å²) in [7, 11) is -0.339. The molecule has 0 aromatic heterocycles. The van der Waals surface area contributed by atoms with Gasteiger partial charge in [0.05, 0.1) is 24.8 Å². The molecule has 0 spiro atoms. The number of hydrogen-bond acceptors (Lipinski definition) is 4. The van der Waals surface area contributed by atoms with Crippen LogP contribution in [0.25, 0.3) is 0 Å². The lowest BCUT2D eigenvalue weighted by Gasteiger charge is -2.38. The van der Waals surface area contributed by atoms with Crippen LogP contribution in [0.5, 0.6) is 5.75 Å². The number of ether oxygens (including phenoxy) is 1. The number of methoxy groups -OCH3 is 1. The van der Waals surface area contributed by atoms with Crippen molar-refractivity contribution in [2.75, 3.05) is 12.4 Å². The van der Waals surface area contributed by atoms with E-state index in [4.69, 9.17) is 9.16 Å². The minimum absolute atomic E-state index is 0.00338. The van der Waals surface area contributed by atoms with Gasteiger partial charge in [-0.1, -0.05) is 85.9 Å². The molecule has 0 aliphatic carbocycles. The fourth-order valence-electron chi connectivity index (χ4n) is 4.81. The van der Waals surface area contributed by atoms with Crippen molar-refractivity contribution < 1.29 is 14.0 Å². The summed E-state index contributed by atoms with van der Waals surface area (Å²) < 4.78 is 12.3. The van der Waals surface area contributed by atoms with Crippen LogP contribution in [0.4, 0.5) is 5.69 Å². The van der Waals surface area contributed by atoms with Gasteiger partial charge in [0.25, 0.3) is 0 Å². The van der Waals surface area contributed by atoms with Gasteiger partial charge in [-0.25, -0.2) is 0 Å². The second-order valence-corrected chi connectivity index (χ2v) is 18.3. The first kappa shape index (κ1) is 33.6. The number of hydrogen-bond donors (Lipinski definition) is 1. The first-order valence-corrected chi connectivity index (χ1v) is 17.6. The van der Waals surface area contributed by atoms with Crippen LogP contribution >= 0.6 is 0 Å². The van der Waals surface area contributed by atoms with Gasteiger partial charge in [-0.3, -0.25) is 4.79 Å². The van der Waals surface area contributed by atoms with Gasteiger partial charge < -0.3 is 14.5 Å². The van der Waals surface area contributed by atoms with Gasteiger partial charge in [-0.15, -0.1) is 0 Å². The summed E-state index contributed by atoms with van der Waals surface area (Å²) in [5.41, 5.74) is 4.41. The summed E-state index contributed by atoms with van der Waals surface area (Å²) in [4.78, 5) is 13.6. The van der Waals surface area contributed by atoms with E-state index in [0.717, 1.165) is 48.1 Å². The Morgan fingerprint density at radius 3 is 2.27 bits per heavy atom. The maximum Gasteiger partial charge on any atom is 0.224 e. The highest BCUT2D eigenvalue weighted by Crippen LogP contribution is 2.41. The van der Waals surface area contributed by atoms with Crippen LogP contribution in [0, 0.1) is 11.3 Å². The molecule has 0 bridgehead atoms. The van der Waals surface area contributed by atoms with Gasteiger partial charge in [0.15, 0.2) is 8.32 Å². The Kier molecular flexibility index (Phi) is 11.6. The molecule has 40 heavy (non-hydrogen) atoms. The molecular formula is C34H52N2O3Si. The quantitative estimate of drug-likeness (QED) is 0.206. The molecule has 2 atom stereocenters. The largest absolute Gasteiger partial charge is 0.496 e. The van der Waals surface area contributed by atoms with E-state index in [1.165, 1.54) is 0 Å². The van der Waals surface area contributed by atoms with Crippen molar-refractivity contribution in [3.63, 3.8) is 0 Å². The zero-order valence-corrected chi connectivity index (χ0v) is 27.8. The standard InChI is InChI=1S/C34H52N2O3Si/c1-12-13-14-15-27(28-18-16-25(23-35)20-31(28)38-9)22-32(37)36-30-21-26(17-19-29(30)33(3,4)5)24(2)39-40(10,11)34(6,7)8/h16-21,24,27H,12-15,22H2,1-11H3,(H,36,37). The normalized spacial score (nSPS) is 13.8. The number of nitrogens with one attached hydrogen (secondary N) is 1. The molecule has 0 aliphatic heterocycles. The highest BCUT2D eigenvalue weighted by Gasteiger charge is 2.38. The summed E-state index contributed by atoms with van der Waals surface area (Å²) in [6.07, 6.45) is 4.40. The SMILES string of the molecule is CCCCCC(CC(=O)Nc1cc(C(C)O[Si](C)(C)C(C)(C)C)ccc1C(C)(C)C)c1ccc(C#N)cc1OC. The number of benzene rings is 2. The van der Waals surface area contributed by atoms with Crippen molar-refractivity contribution in [3.05, 3.63) is 58.7 Å². The molecular weight excluding hydrogens is 512 g/mol. The zero-order chi connectivity index (χ0) is 30.3. The second kappa shape index (κ2) is 13.8. The van der Waals surface area contributed by atoms with Gasteiger partial charge in [0.2, 0.25) is 5.91 Å². The smallest absolute Gasteiger partial charge is 0.224 e. The van der Waals surface area contributed by atoms with Crippen molar-refractivity contribution in [1.29, 1.82) is 5.26 Å². The Morgan fingerprint density at radius 2 is 1.73 bits per heavy atom. The van der Waals surface area contributed by atoms with E-state index in [-0.39, 0.29) is 28.4 Å². The van der Waals surface area contributed by atoms with E-state index in [0.29, 0.717) is 17.7 Å². The number of rotatable bonds is 12. The highest BCUT2D eigenvalue weighted by atomic mass is 28.4. The van der Waals surface area contributed by atoms with E-state index < -0.39 is 8.32 Å². The maximum absolute atomic E-state index is 13.6. The Balaban J connectivity index is 2.39. The summed E-state index contributed by atoms with van der Waals surface area (Å²) in [5, 5.41) is 12.7. The van der Waals surface area contributed by atoms with Crippen LogP contribution in [-0.2, 0) is 14.6 Å². The molecule has 2 aromatic carbocycles. The van der Waals surface area contributed by atoms with E-state index in [1.807, 2.05) is 12.1 Å². The van der Waals surface area contributed by atoms with Crippen LogP contribution in [0.3, 0.4) is 0 Å². The summed E-state index contributed by atoms with van der Waals surface area (Å²) in [5.74, 6) is 0.646. The van der Waals surface area contributed by atoms with Gasteiger partial charge in [-0.2, -0.15) is 5.26 Å². The molecule has 0 fully saturated rings. The fraction of sp³-hybridized carbons (Fsp3) is 0.588. The lowest BCUT2D eigenvalue weighted by atomic mass is 9.84. The second-order valence-electron chi connectivity index (χ2n) is 13.6. The predicted molar refractivity (Wildman–Crippen MR) is 170 cm³/mol. The van der Waals surface area contributed by atoms with Crippen molar-refractivity contribution in [2.24, 2.45) is 0 Å². The number of amides is 1. The lowest BCUT2D eigenvalue weighted by molar-refractivity contribution is -0.116. The van der Waals surface area contributed by atoms with Gasteiger partial charge in [-0.05, 0) is 77.7 Å². The summed E-state index contributed by atoms with van der Waals surface area (Å²) >= 11 is 0. The van der Waals surface area contributed by atoms with Crippen molar-refractivity contribution in [2.45, 2.75) is 123 Å². The van der Waals surface area contributed by atoms with Crippen LogP contribution in [0.1, 0.15) is 122 Å². The number of carbonyl (C=O) groups excluding carboxylic acids is 1. The minimum atomic E-state index is -1.96. The molecule has 1 N–H and O–H groups in total. The van der Waals surface area contributed by atoms with Crippen molar-refractivity contribution in [1.82, 2.24) is 0 Å². The predicted octanol–water partition coefficient (Wildman–Crippen LogP) is 9.64. The fourth-order valence-corrected chi connectivity index (χ4v) is 6.18. The van der Waals surface area contributed by atoms with E-state index in [1.54, 1.807) is 13.2 Å². The minimum Gasteiger partial charge on any atom is -0.496 e. The summed E-state index contributed by atoms with van der Waals surface area (Å²) in [6.45, 7) is 22.1. The molecule has 0 radical (unpaired) electrons. The molecule has 0 aliphatic rings. The van der Waals surface area contributed by atoms with Crippen molar-refractivity contribution >= 4 is 19.9 Å². The van der Waals surface area contributed by atoms with Crippen LogP contribution < -0.4 is 10.1 Å². The van der Waals surface area contributed by atoms with E-state index in [9.17, 15) is 10.1 Å². The third-order valence-corrected chi connectivity index (χ3v) is 12.8. The Bertz CT molecular complexity index is 1190. The van der Waals surface area contributed by atoms with Crippen LogP contribution in [0.15, 0.2) is 36.4 Å². The number of unbranched alkanes of at least 4 members (excludes halogenated alkanes) is 2. The lowest BCUT2D eigenvalue weighted by Crippen LogP contribution is -2.41. The molecule has 2 rings (SSSR count). The molecule has 1 amide bonds. The number of anilines is 1. The van der Waals surface area contributed by atoms with Gasteiger partial charge in [0, 0.05) is 12.1 Å². The van der Waals surface area contributed by atoms with E-state index >= 15 is 0 Å². The van der Waals surface area contributed by atoms with E-state index in [2.05, 4.69) is 98.1 Å². The molecule has 0 saturated heterocycles. The molecule has 2 unspecified atom stereocenters. The number of nitriles is 1. The highest BCUT2D eigenvalue weighted by molar-refractivity contribution is 6.74. The average molecular weight is 565 g/mol. The molecule has 2 aromatic rings. The molecule has 5 nitrogen and oxygen atoms in total. The Hall–Kier alpha value is -2.62. The third-order valence-electron chi connectivity index (χ3n) is 8.26. The Labute approximate surface area is 244 Å². The first-order valence-electron chi connectivity index (χ1n) is 14.7. The molecule has 220 valence electrons. The monoisotopic (exact) mass is 564 g/mol. The average Bonchev–Trinajstić information content (AvgIpc) is 2.86. The molecule has 0 saturated carbocycles. The Morgan fingerprint density at radius 1 is 1.05 bits per heavy atom. The van der Waals surface area contributed by atoms with Gasteiger partial charge >= 0.3 is 0 Å². The topological polar surface area (TPSA) is 71.3 Å². The molecule has 6 heteroatoms. The third kappa shape index (κ3) is 8.94. The zero-order valence-electron chi connectivity index (χ0n) is 26.8. The van der Waals surface area contributed by atoms with Crippen LogP contribution in [0.2, 0.25) is 18.1 Å². The number of nitrogens with zero attached hydrogens (tertiary/aromatic N) is 1. The number of carbonyl (C=O) groups is 1. The van der Waals surface area contributed by atoms with Crippen molar-refractivity contribution in [3.8, 4) is 11.8 Å². The van der Waals surface area contributed by atoms with Crippen LogP contribution in [-0.4, -0.2) is 21.3 Å².